The van der Waals surface area contributed by atoms with Gasteiger partial charge in [0.15, 0.2) is 0 Å². The summed E-state index contributed by atoms with van der Waals surface area (Å²) >= 11 is 0. The predicted octanol–water partition coefficient (Wildman–Crippen LogP) is 2.17. The molecule has 0 radical (unpaired) electrons. The highest BCUT2D eigenvalue weighted by Gasteiger charge is 2.11. The van der Waals surface area contributed by atoms with E-state index >= 15 is 0 Å². The molecule has 0 aliphatic rings. The topological polar surface area (TPSA) is 41.1 Å². The van der Waals surface area contributed by atoms with E-state index in [-0.39, 0.29) is 5.91 Å². The Labute approximate surface area is 100 Å². The van der Waals surface area contributed by atoms with Gasteiger partial charge in [-0.1, -0.05) is 27.7 Å². The largest absolute Gasteiger partial charge is 0.355 e. The molecule has 0 bridgehead atoms. The Hall–Kier alpha value is -0.570. The fraction of sp³-hybridized carbons (Fsp3) is 0.923. The Balaban J connectivity index is 3.65. The van der Waals surface area contributed by atoms with Gasteiger partial charge in [-0.05, 0) is 31.7 Å². The molecule has 1 unspecified atom stereocenters. The molecule has 0 fully saturated rings. The molecule has 1 amide bonds. The lowest BCUT2D eigenvalue weighted by molar-refractivity contribution is -0.122. The maximum atomic E-state index is 11.6. The number of likely N-dealkylation sites (N-methyl/N-ethyl adjacent to an activating group) is 1. The highest BCUT2D eigenvalue weighted by molar-refractivity contribution is 5.76. The second-order valence-electron chi connectivity index (χ2n) is 5.20. The molecule has 0 heterocycles. The Kier molecular flexibility index (Phi) is 8.26. The van der Waals surface area contributed by atoms with Crippen molar-refractivity contribution in [1.29, 1.82) is 0 Å². The summed E-state index contributed by atoms with van der Waals surface area (Å²) in [6.07, 6.45) is 1.77. The number of carbonyl (C=O) groups is 1. The number of nitrogens with one attached hydrogen (secondary N) is 2. The molecule has 96 valence electrons. The van der Waals surface area contributed by atoms with Crippen LogP contribution in [0, 0.1) is 11.8 Å². The summed E-state index contributed by atoms with van der Waals surface area (Å²) in [7, 11) is 0. The van der Waals surface area contributed by atoms with Gasteiger partial charge in [0.2, 0.25) is 5.91 Å². The summed E-state index contributed by atoms with van der Waals surface area (Å²) in [6, 6.07) is 0.356. The Morgan fingerprint density at radius 3 is 2.31 bits per heavy atom. The van der Waals surface area contributed by atoms with E-state index in [2.05, 4.69) is 45.3 Å². The van der Waals surface area contributed by atoms with Crippen molar-refractivity contribution in [3.63, 3.8) is 0 Å². The molecule has 3 heteroatoms. The molecule has 0 aromatic heterocycles. The van der Waals surface area contributed by atoms with Gasteiger partial charge in [0, 0.05) is 19.0 Å². The zero-order valence-corrected chi connectivity index (χ0v) is 11.5. The van der Waals surface area contributed by atoms with Crippen LogP contribution in [0.4, 0.5) is 0 Å². The van der Waals surface area contributed by atoms with E-state index in [1.165, 1.54) is 0 Å². The summed E-state index contributed by atoms with van der Waals surface area (Å²) in [6.45, 7) is 12.4. The van der Waals surface area contributed by atoms with E-state index in [9.17, 15) is 4.79 Å². The van der Waals surface area contributed by atoms with E-state index in [1.54, 1.807) is 0 Å². The van der Waals surface area contributed by atoms with Crippen molar-refractivity contribution in [3.05, 3.63) is 0 Å². The average molecular weight is 228 g/mol. The van der Waals surface area contributed by atoms with Crippen LogP contribution in [0.5, 0.6) is 0 Å². The van der Waals surface area contributed by atoms with Crippen LogP contribution in [-0.4, -0.2) is 25.0 Å². The molecular formula is C13H28N2O. The lowest BCUT2D eigenvalue weighted by Crippen LogP contribution is -2.39. The Morgan fingerprint density at radius 2 is 1.81 bits per heavy atom. The maximum Gasteiger partial charge on any atom is 0.220 e. The fourth-order valence-corrected chi connectivity index (χ4v) is 1.96. The maximum absolute atomic E-state index is 11.6. The first kappa shape index (κ1) is 15.4. The fourth-order valence-electron chi connectivity index (χ4n) is 1.96. The van der Waals surface area contributed by atoms with Gasteiger partial charge in [-0.3, -0.25) is 4.79 Å². The molecule has 2 atom stereocenters. The third-order valence-electron chi connectivity index (χ3n) is 2.57. The summed E-state index contributed by atoms with van der Waals surface area (Å²) in [5, 5.41) is 6.24. The second-order valence-corrected chi connectivity index (χ2v) is 5.20. The van der Waals surface area contributed by atoms with Gasteiger partial charge in [-0.15, -0.1) is 0 Å². The monoisotopic (exact) mass is 228 g/mol. The molecule has 0 aliphatic carbocycles. The van der Waals surface area contributed by atoms with Crippen molar-refractivity contribution < 1.29 is 4.79 Å². The van der Waals surface area contributed by atoms with E-state index < -0.39 is 0 Å². The zero-order valence-electron chi connectivity index (χ0n) is 11.5. The highest BCUT2D eigenvalue weighted by Crippen LogP contribution is 2.13. The number of rotatable bonds is 8. The minimum absolute atomic E-state index is 0.179. The van der Waals surface area contributed by atoms with E-state index in [0.717, 1.165) is 19.5 Å². The van der Waals surface area contributed by atoms with Gasteiger partial charge in [-0.2, -0.15) is 0 Å². The van der Waals surface area contributed by atoms with Crippen LogP contribution in [0.3, 0.4) is 0 Å². The molecular weight excluding hydrogens is 200 g/mol. The van der Waals surface area contributed by atoms with Gasteiger partial charge < -0.3 is 10.6 Å². The smallest absolute Gasteiger partial charge is 0.220 e. The van der Waals surface area contributed by atoms with Gasteiger partial charge in [0.05, 0.1) is 0 Å². The van der Waals surface area contributed by atoms with Crippen LogP contribution >= 0.6 is 0 Å². The normalized spacial score (nSPS) is 14.9. The van der Waals surface area contributed by atoms with Crippen LogP contribution in [0.1, 0.15) is 47.5 Å². The average Bonchev–Trinajstić information content (AvgIpc) is 2.13. The quantitative estimate of drug-likeness (QED) is 0.668. The van der Waals surface area contributed by atoms with Crippen molar-refractivity contribution in [2.45, 2.75) is 53.5 Å². The standard InChI is InChI=1S/C13H28N2O/c1-6-14-12(5)9-15-13(16)8-11(4)7-10(2)3/h10-12,14H,6-9H2,1-5H3,(H,15,16)/t11?,12-/m1/s1. The molecule has 0 aromatic carbocycles. The molecule has 0 saturated carbocycles. The van der Waals surface area contributed by atoms with E-state index in [1.807, 2.05) is 0 Å². The van der Waals surface area contributed by atoms with Crippen molar-refractivity contribution >= 4 is 5.91 Å². The summed E-state index contributed by atoms with van der Waals surface area (Å²) in [4.78, 5) is 11.6. The molecule has 16 heavy (non-hydrogen) atoms. The minimum Gasteiger partial charge on any atom is -0.355 e. The lowest BCUT2D eigenvalue weighted by Gasteiger charge is -2.16. The lowest BCUT2D eigenvalue weighted by atomic mass is 9.96. The Bertz CT molecular complexity index is 192. The van der Waals surface area contributed by atoms with Gasteiger partial charge in [0.1, 0.15) is 0 Å². The number of amides is 1. The predicted molar refractivity (Wildman–Crippen MR) is 69.4 cm³/mol. The number of hydrogen-bond donors (Lipinski definition) is 2. The Morgan fingerprint density at radius 1 is 1.19 bits per heavy atom. The second kappa shape index (κ2) is 8.57. The summed E-state index contributed by atoms with van der Waals surface area (Å²) in [5.41, 5.74) is 0. The molecule has 2 N–H and O–H groups in total. The molecule has 3 nitrogen and oxygen atoms in total. The van der Waals surface area contributed by atoms with Gasteiger partial charge in [0.25, 0.3) is 0 Å². The molecule has 0 aromatic rings. The van der Waals surface area contributed by atoms with Crippen LogP contribution in [0.25, 0.3) is 0 Å². The zero-order chi connectivity index (χ0) is 12.6. The molecule has 0 spiro atoms. The van der Waals surface area contributed by atoms with E-state index in [0.29, 0.717) is 24.3 Å². The van der Waals surface area contributed by atoms with Gasteiger partial charge in [-0.25, -0.2) is 0 Å². The highest BCUT2D eigenvalue weighted by atomic mass is 16.1. The van der Waals surface area contributed by atoms with Crippen molar-refractivity contribution in [1.82, 2.24) is 10.6 Å². The van der Waals surface area contributed by atoms with Gasteiger partial charge >= 0.3 is 0 Å². The molecule has 0 aliphatic heterocycles. The van der Waals surface area contributed by atoms with Crippen LogP contribution in [-0.2, 0) is 4.79 Å². The minimum atomic E-state index is 0.179. The molecule has 0 saturated heterocycles. The summed E-state index contributed by atoms with van der Waals surface area (Å²) < 4.78 is 0. The number of hydrogen-bond acceptors (Lipinski definition) is 2. The van der Waals surface area contributed by atoms with Crippen LogP contribution in [0.2, 0.25) is 0 Å². The van der Waals surface area contributed by atoms with Crippen LogP contribution < -0.4 is 10.6 Å². The SMILES string of the molecule is CCN[C@H](C)CNC(=O)CC(C)CC(C)C. The van der Waals surface area contributed by atoms with E-state index in [4.69, 9.17) is 0 Å². The first-order valence-electron chi connectivity index (χ1n) is 6.45. The van der Waals surface area contributed by atoms with Crippen molar-refractivity contribution in [2.75, 3.05) is 13.1 Å². The molecule has 0 rings (SSSR count). The summed E-state index contributed by atoms with van der Waals surface area (Å²) in [5.74, 6) is 1.33. The first-order chi connectivity index (χ1) is 7.45. The number of carbonyl (C=O) groups excluding carboxylic acids is 1. The third kappa shape index (κ3) is 8.72. The van der Waals surface area contributed by atoms with Crippen molar-refractivity contribution in [2.24, 2.45) is 11.8 Å². The van der Waals surface area contributed by atoms with Crippen LogP contribution in [0.15, 0.2) is 0 Å². The third-order valence-corrected chi connectivity index (χ3v) is 2.57. The van der Waals surface area contributed by atoms with Crippen molar-refractivity contribution in [3.8, 4) is 0 Å². The first-order valence-corrected chi connectivity index (χ1v) is 6.45.